The molecule has 0 amide bonds. The maximum absolute atomic E-state index is 5.50. The van der Waals surface area contributed by atoms with Gasteiger partial charge in [-0.3, -0.25) is 0 Å². The highest BCUT2D eigenvalue weighted by molar-refractivity contribution is 5.35. The molecule has 110 valence electrons. The molecule has 5 heteroatoms. The van der Waals surface area contributed by atoms with Crippen LogP contribution in [0, 0.1) is 0 Å². The van der Waals surface area contributed by atoms with Crippen molar-refractivity contribution in [2.24, 2.45) is 0 Å². The summed E-state index contributed by atoms with van der Waals surface area (Å²) in [5.74, 6) is 1.51. The van der Waals surface area contributed by atoms with E-state index in [0.29, 0.717) is 24.6 Å². The van der Waals surface area contributed by atoms with Crippen LogP contribution in [-0.2, 0) is 0 Å². The van der Waals surface area contributed by atoms with Gasteiger partial charge in [0.15, 0.2) is 0 Å². The van der Waals surface area contributed by atoms with Gasteiger partial charge in [0, 0.05) is 30.9 Å². The van der Waals surface area contributed by atoms with Crippen molar-refractivity contribution < 1.29 is 4.74 Å². The Morgan fingerprint density at radius 3 is 3.10 bits per heavy atom. The van der Waals surface area contributed by atoms with E-state index in [2.05, 4.69) is 20.2 Å². The van der Waals surface area contributed by atoms with Gasteiger partial charge < -0.3 is 15.0 Å². The Kier molecular flexibility index (Phi) is 4.35. The average molecular weight is 276 g/mol. The molecule has 1 N–H and O–H groups in total. The number of aromatic nitrogens is 2. The monoisotopic (exact) mass is 276 g/mol. The molecule has 2 unspecified atom stereocenters. The lowest BCUT2D eigenvalue weighted by molar-refractivity contribution is 0.323. The molecule has 1 aromatic heterocycles. The zero-order valence-corrected chi connectivity index (χ0v) is 12.2. The summed E-state index contributed by atoms with van der Waals surface area (Å²) in [6, 6.07) is 2.96. The van der Waals surface area contributed by atoms with Gasteiger partial charge in [-0.05, 0) is 45.6 Å². The Labute approximate surface area is 120 Å². The van der Waals surface area contributed by atoms with Crippen molar-refractivity contribution in [2.75, 3.05) is 24.6 Å². The first-order chi connectivity index (χ1) is 9.88. The molecule has 0 bridgehead atoms. The Bertz CT molecular complexity index is 434. The van der Waals surface area contributed by atoms with Gasteiger partial charge in [-0.1, -0.05) is 0 Å². The maximum atomic E-state index is 5.50. The van der Waals surface area contributed by atoms with Gasteiger partial charge >= 0.3 is 0 Å². The Morgan fingerprint density at radius 1 is 1.35 bits per heavy atom. The maximum Gasteiger partial charge on any atom is 0.228 e. The highest BCUT2D eigenvalue weighted by atomic mass is 16.5. The van der Waals surface area contributed by atoms with E-state index in [9.17, 15) is 0 Å². The first-order valence-electron chi connectivity index (χ1n) is 7.84. The van der Waals surface area contributed by atoms with E-state index < -0.39 is 0 Å². The zero-order valence-electron chi connectivity index (χ0n) is 12.2. The predicted octanol–water partition coefficient (Wildman–Crippen LogP) is 1.99. The molecular weight excluding hydrogens is 252 g/mol. The van der Waals surface area contributed by atoms with E-state index in [0.717, 1.165) is 19.0 Å². The summed E-state index contributed by atoms with van der Waals surface area (Å²) in [4.78, 5) is 11.4. The minimum atomic E-state index is 0.531. The Balaban J connectivity index is 1.79. The number of nitrogens with zero attached hydrogens (tertiary/aromatic N) is 3. The Hall–Kier alpha value is -1.36. The molecule has 2 fully saturated rings. The normalized spacial score (nSPS) is 26.8. The fourth-order valence-electron chi connectivity index (χ4n) is 3.36. The molecule has 2 aliphatic heterocycles. The van der Waals surface area contributed by atoms with E-state index in [4.69, 9.17) is 4.74 Å². The predicted molar refractivity (Wildman–Crippen MR) is 79.2 cm³/mol. The van der Waals surface area contributed by atoms with Crippen molar-refractivity contribution in [1.29, 1.82) is 0 Å². The third-order valence-corrected chi connectivity index (χ3v) is 4.28. The van der Waals surface area contributed by atoms with Crippen molar-refractivity contribution in [2.45, 2.75) is 51.1 Å². The van der Waals surface area contributed by atoms with Crippen LogP contribution >= 0.6 is 0 Å². The zero-order chi connectivity index (χ0) is 13.8. The highest BCUT2D eigenvalue weighted by Crippen LogP contribution is 2.27. The van der Waals surface area contributed by atoms with Gasteiger partial charge in [-0.15, -0.1) is 0 Å². The van der Waals surface area contributed by atoms with Gasteiger partial charge in [0.1, 0.15) is 0 Å². The second-order valence-electron chi connectivity index (χ2n) is 5.59. The summed E-state index contributed by atoms with van der Waals surface area (Å²) in [6.45, 7) is 4.82. The van der Waals surface area contributed by atoms with Crippen LogP contribution in [0.1, 0.15) is 39.0 Å². The van der Waals surface area contributed by atoms with E-state index in [1.165, 1.54) is 32.1 Å². The minimum Gasteiger partial charge on any atom is -0.478 e. The van der Waals surface area contributed by atoms with Gasteiger partial charge in [-0.25, -0.2) is 4.98 Å². The molecule has 2 aliphatic rings. The average Bonchev–Trinajstić information content (AvgIpc) is 3.02. The van der Waals surface area contributed by atoms with Crippen LogP contribution in [0.15, 0.2) is 12.3 Å². The van der Waals surface area contributed by atoms with Crippen molar-refractivity contribution >= 4 is 5.95 Å². The number of hydrogen-bond donors (Lipinski definition) is 1. The second kappa shape index (κ2) is 6.39. The van der Waals surface area contributed by atoms with E-state index in [-0.39, 0.29) is 0 Å². The lowest BCUT2D eigenvalue weighted by Crippen LogP contribution is -2.51. The smallest absolute Gasteiger partial charge is 0.228 e. The highest BCUT2D eigenvalue weighted by Gasteiger charge is 2.32. The molecular formula is C15H24N4O. The van der Waals surface area contributed by atoms with Crippen LogP contribution in [-0.4, -0.2) is 41.7 Å². The number of piperidine rings is 1. The van der Waals surface area contributed by atoms with Crippen LogP contribution in [0.2, 0.25) is 0 Å². The fourth-order valence-corrected chi connectivity index (χ4v) is 3.36. The largest absolute Gasteiger partial charge is 0.478 e. The van der Waals surface area contributed by atoms with Crippen molar-refractivity contribution in [3.8, 4) is 5.88 Å². The third-order valence-electron chi connectivity index (χ3n) is 4.28. The molecule has 0 aliphatic carbocycles. The lowest BCUT2D eigenvalue weighted by Gasteiger charge is -2.39. The van der Waals surface area contributed by atoms with Crippen LogP contribution < -0.4 is 15.0 Å². The van der Waals surface area contributed by atoms with E-state index in [1.54, 1.807) is 6.20 Å². The summed E-state index contributed by atoms with van der Waals surface area (Å²) in [5, 5.41) is 3.64. The van der Waals surface area contributed by atoms with Crippen molar-refractivity contribution in [1.82, 2.24) is 15.3 Å². The molecule has 5 nitrogen and oxygen atoms in total. The first-order valence-corrected chi connectivity index (χ1v) is 7.84. The summed E-state index contributed by atoms with van der Waals surface area (Å²) in [6.07, 6.45) is 8.14. The van der Waals surface area contributed by atoms with Crippen LogP contribution in [0.25, 0.3) is 0 Å². The molecule has 2 atom stereocenters. The first kappa shape index (κ1) is 13.6. The fraction of sp³-hybridized carbons (Fsp3) is 0.733. The summed E-state index contributed by atoms with van der Waals surface area (Å²) in [7, 11) is 0. The summed E-state index contributed by atoms with van der Waals surface area (Å²) in [5.41, 5.74) is 0. The van der Waals surface area contributed by atoms with Gasteiger partial charge in [0.05, 0.1) is 6.61 Å². The lowest BCUT2D eigenvalue weighted by atomic mass is 9.95. The van der Waals surface area contributed by atoms with Crippen LogP contribution in [0.5, 0.6) is 5.88 Å². The summed E-state index contributed by atoms with van der Waals surface area (Å²) < 4.78 is 5.50. The quantitative estimate of drug-likeness (QED) is 0.911. The van der Waals surface area contributed by atoms with Gasteiger partial charge in [-0.2, -0.15) is 4.98 Å². The minimum absolute atomic E-state index is 0.531. The number of hydrogen-bond acceptors (Lipinski definition) is 5. The topological polar surface area (TPSA) is 50.3 Å². The Morgan fingerprint density at radius 2 is 2.30 bits per heavy atom. The molecule has 3 heterocycles. The number of anilines is 1. The molecule has 2 saturated heterocycles. The van der Waals surface area contributed by atoms with Crippen LogP contribution in [0.3, 0.4) is 0 Å². The molecule has 20 heavy (non-hydrogen) atoms. The van der Waals surface area contributed by atoms with E-state index >= 15 is 0 Å². The SMILES string of the molecule is CCOc1ccnc(N2CCCCC2C2CCCN2)n1. The van der Waals surface area contributed by atoms with Crippen molar-refractivity contribution in [3.05, 3.63) is 12.3 Å². The van der Waals surface area contributed by atoms with E-state index in [1.807, 2.05) is 13.0 Å². The molecule has 3 rings (SSSR count). The van der Waals surface area contributed by atoms with Gasteiger partial charge in [0.2, 0.25) is 11.8 Å². The van der Waals surface area contributed by atoms with Gasteiger partial charge in [0.25, 0.3) is 0 Å². The molecule has 0 spiro atoms. The summed E-state index contributed by atoms with van der Waals surface area (Å²) >= 11 is 0. The molecule has 1 aromatic rings. The number of nitrogens with one attached hydrogen (secondary N) is 1. The molecule has 0 saturated carbocycles. The standard InChI is InChI=1S/C15H24N4O/c1-2-20-14-8-10-17-15(18-14)19-11-4-3-7-13(19)12-6-5-9-16-12/h8,10,12-13,16H,2-7,9,11H2,1H3. The molecule has 0 radical (unpaired) electrons. The third kappa shape index (κ3) is 2.87. The van der Waals surface area contributed by atoms with Crippen molar-refractivity contribution in [3.63, 3.8) is 0 Å². The number of rotatable bonds is 4. The van der Waals surface area contributed by atoms with Crippen LogP contribution in [0.4, 0.5) is 5.95 Å². The number of ether oxygens (including phenoxy) is 1. The molecule has 0 aromatic carbocycles. The second-order valence-corrected chi connectivity index (χ2v) is 5.59.